The van der Waals surface area contributed by atoms with E-state index in [2.05, 4.69) is 49.3 Å². The number of hydrogen-bond donors (Lipinski definition) is 2. The summed E-state index contributed by atoms with van der Waals surface area (Å²) in [5.41, 5.74) is 1.79. The summed E-state index contributed by atoms with van der Waals surface area (Å²) in [6, 6.07) is 8.05. The molecule has 23 heavy (non-hydrogen) atoms. The predicted molar refractivity (Wildman–Crippen MR) is 96.6 cm³/mol. The molecule has 2 aromatic rings. The molecular formula is C17H23N3O2S. The number of anilines is 1. The summed E-state index contributed by atoms with van der Waals surface area (Å²) >= 11 is 1.77. The average Bonchev–Trinajstić information content (AvgIpc) is 2.51. The third kappa shape index (κ3) is 4.51. The zero-order valence-corrected chi connectivity index (χ0v) is 14.8. The van der Waals surface area contributed by atoms with Gasteiger partial charge in [0.25, 0.3) is 5.56 Å². The molecule has 2 N–H and O–H groups in total. The minimum absolute atomic E-state index is 0.175. The molecule has 0 aliphatic heterocycles. The molecular weight excluding hydrogens is 310 g/mol. The average molecular weight is 333 g/mol. The van der Waals surface area contributed by atoms with E-state index in [4.69, 9.17) is 0 Å². The van der Waals surface area contributed by atoms with Crippen molar-refractivity contribution in [2.24, 2.45) is 7.05 Å². The van der Waals surface area contributed by atoms with Crippen LogP contribution in [0.5, 0.6) is 0 Å². The summed E-state index contributed by atoms with van der Waals surface area (Å²) in [4.78, 5) is 26.6. The van der Waals surface area contributed by atoms with Crippen molar-refractivity contribution in [2.75, 3.05) is 11.1 Å². The van der Waals surface area contributed by atoms with Gasteiger partial charge in [0.1, 0.15) is 5.82 Å². The van der Waals surface area contributed by atoms with E-state index in [0.717, 1.165) is 12.2 Å². The minimum Gasteiger partial charge on any atom is -0.368 e. The van der Waals surface area contributed by atoms with Gasteiger partial charge in [0.15, 0.2) is 0 Å². The fourth-order valence-electron chi connectivity index (χ4n) is 2.17. The molecule has 0 saturated carbocycles. The standard InChI is InChI=1S/C17H23N3O2S/c1-5-13(10-23-14-7-6-11(2)12(3)8-14)18-15-9-16(21)19-17(22)20(15)4/h6-9,13,18H,5,10H2,1-4H3,(H,19,21,22). The lowest BCUT2D eigenvalue weighted by molar-refractivity contribution is 0.732. The van der Waals surface area contributed by atoms with E-state index in [-0.39, 0.29) is 11.6 Å². The van der Waals surface area contributed by atoms with Crippen LogP contribution in [0.2, 0.25) is 0 Å². The number of aryl methyl sites for hydroxylation is 2. The Labute approximate surface area is 140 Å². The summed E-state index contributed by atoms with van der Waals surface area (Å²) in [5, 5.41) is 3.30. The van der Waals surface area contributed by atoms with Gasteiger partial charge < -0.3 is 5.32 Å². The highest BCUT2D eigenvalue weighted by Gasteiger charge is 2.10. The number of benzene rings is 1. The molecule has 1 unspecified atom stereocenters. The predicted octanol–water partition coefficient (Wildman–Crippen LogP) is 2.67. The quantitative estimate of drug-likeness (QED) is 0.798. The van der Waals surface area contributed by atoms with Crippen molar-refractivity contribution in [1.29, 1.82) is 0 Å². The molecule has 0 saturated heterocycles. The number of hydrogen-bond acceptors (Lipinski definition) is 4. The fraction of sp³-hybridized carbons (Fsp3) is 0.412. The van der Waals surface area contributed by atoms with Crippen LogP contribution in [-0.2, 0) is 7.05 Å². The number of thioether (sulfide) groups is 1. The summed E-state index contributed by atoms with van der Waals surface area (Å²) in [7, 11) is 1.64. The Kier molecular flexibility index (Phi) is 5.71. The van der Waals surface area contributed by atoms with E-state index < -0.39 is 5.69 Å². The number of aromatic amines is 1. The molecule has 1 aromatic carbocycles. The van der Waals surface area contributed by atoms with Crippen LogP contribution in [0.15, 0.2) is 38.8 Å². The van der Waals surface area contributed by atoms with Gasteiger partial charge in [-0.05, 0) is 43.5 Å². The highest BCUT2D eigenvalue weighted by Crippen LogP contribution is 2.23. The second-order valence-corrected chi connectivity index (χ2v) is 6.78. The van der Waals surface area contributed by atoms with E-state index in [1.165, 1.54) is 26.7 Å². The van der Waals surface area contributed by atoms with E-state index in [1.807, 2.05) is 0 Å². The summed E-state index contributed by atoms with van der Waals surface area (Å²) in [6.45, 7) is 6.30. The number of H-pyrrole nitrogens is 1. The smallest absolute Gasteiger partial charge is 0.329 e. The fourth-order valence-corrected chi connectivity index (χ4v) is 3.30. The molecule has 2 rings (SSSR count). The first-order valence-electron chi connectivity index (χ1n) is 7.67. The maximum Gasteiger partial charge on any atom is 0.329 e. The lowest BCUT2D eigenvalue weighted by Crippen LogP contribution is -2.32. The van der Waals surface area contributed by atoms with E-state index in [0.29, 0.717) is 5.82 Å². The summed E-state index contributed by atoms with van der Waals surface area (Å²) < 4.78 is 1.42. The normalized spacial score (nSPS) is 12.2. The molecule has 6 heteroatoms. The van der Waals surface area contributed by atoms with Gasteiger partial charge in [0.05, 0.1) is 0 Å². The highest BCUT2D eigenvalue weighted by atomic mass is 32.2. The molecule has 0 amide bonds. The Morgan fingerprint density at radius 2 is 1.96 bits per heavy atom. The van der Waals surface area contributed by atoms with Crippen molar-refractivity contribution in [2.45, 2.75) is 38.1 Å². The largest absolute Gasteiger partial charge is 0.368 e. The van der Waals surface area contributed by atoms with Crippen molar-refractivity contribution in [3.8, 4) is 0 Å². The molecule has 1 heterocycles. The van der Waals surface area contributed by atoms with Gasteiger partial charge >= 0.3 is 5.69 Å². The zero-order chi connectivity index (χ0) is 17.0. The number of rotatable bonds is 6. The number of aromatic nitrogens is 2. The van der Waals surface area contributed by atoms with Crippen LogP contribution in [0, 0.1) is 13.8 Å². The number of nitrogens with zero attached hydrogens (tertiary/aromatic N) is 1. The van der Waals surface area contributed by atoms with Crippen molar-refractivity contribution in [1.82, 2.24) is 9.55 Å². The van der Waals surface area contributed by atoms with Gasteiger partial charge in [0.2, 0.25) is 0 Å². The van der Waals surface area contributed by atoms with Crippen molar-refractivity contribution < 1.29 is 0 Å². The van der Waals surface area contributed by atoms with Crippen molar-refractivity contribution in [3.63, 3.8) is 0 Å². The maximum atomic E-state index is 11.6. The zero-order valence-electron chi connectivity index (χ0n) is 14.0. The SMILES string of the molecule is CCC(CSc1ccc(C)c(C)c1)Nc1cc(=O)[nH]c(=O)n1C. The molecule has 124 valence electrons. The second kappa shape index (κ2) is 7.55. The van der Waals surface area contributed by atoms with Crippen LogP contribution in [0.4, 0.5) is 5.82 Å². The molecule has 0 bridgehead atoms. The molecule has 0 aliphatic carbocycles. The Hall–Kier alpha value is -1.95. The van der Waals surface area contributed by atoms with Gasteiger partial charge in [-0.1, -0.05) is 13.0 Å². The third-order valence-electron chi connectivity index (χ3n) is 3.94. The summed E-state index contributed by atoms with van der Waals surface area (Å²) in [5.74, 6) is 1.41. The van der Waals surface area contributed by atoms with Crippen LogP contribution in [0.3, 0.4) is 0 Å². The van der Waals surface area contributed by atoms with Gasteiger partial charge in [-0.15, -0.1) is 11.8 Å². The molecule has 0 aliphatic rings. The van der Waals surface area contributed by atoms with Crippen molar-refractivity contribution >= 4 is 17.6 Å². The van der Waals surface area contributed by atoms with E-state index in [1.54, 1.807) is 18.8 Å². The Balaban J connectivity index is 2.07. The first-order chi connectivity index (χ1) is 10.9. The lowest BCUT2D eigenvalue weighted by atomic mass is 10.1. The Morgan fingerprint density at radius 3 is 2.61 bits per heavy atom. The van der Waals surface area contributed by atoms with E-state index in [9.17, 15) is 9.59 Å². The molecule has 1 atom stereocenters. The number of nitrogens with one attached hydrogen (secondary N) is 2. The summed E-state index contributed by atoms with van der Waals surface area (Å²) in [6.07, 6.45) is 0.902. The molecule has 0 spiro atoms. The second-order valence-electron chi connectivity index (χ2n) is 5.69. The van der Waals surface area contributed by atoms with E-state index >= 15 is 0 Å². The molecule has 5 nitrogen and oxygen atoms in total. The highest BCUT2D eigenvalue weighted by molar-refractivity contribution is 7.99. The molecule has 1 aromatic heterocycles. The first-order valence-corrected chi connectivity index (χ1v) is 8.66. The molecule has 0 radical (unpaired) electrons. The third-order valence-corrected chi connectivity index (χ3v) is 5.09. The van der Waals surface area contributed by atoms with Gasteiger partial charge in [-0.2, -0.15) is 0 Å². The van der Waals surface area contributed by atoms with Crippen molar-refractivity contribution in [3.05, 3.63) is 56.2 Å². The van der Waals surface area contributed by atoms with Crippen LogP contribution >= 0.6 is 11.8 Å². The van der Waals surface area contributed by atoms with Crippen LogP contribution in [-0.4, -0.2) is 21.3 Å². The van der Waals surface area contributed by atoms with Crippen LogP contribution < -0.4 is 16.6 Å². The van der Waals surface area contributed by atoms with Gasteiger partial charge in [-0.25, -0.2) is 4.79 Å². The van der Waals surface area contributed by atoms with Gasteiger partial charge in [0, 0.05) is 29.8 Å². The maximum absolute atomic E-state index is 11.6. The lowest BCUT2D eigenvalue weighted by Gasteiger charge is -2.19. The minimum atomic E-state index is -0.406. The molecule has 0 fully saturated rings. The topological polar surface area (TPSA) is 66.9 Å². The van der Waals surface area contributed by atoms with Crippen LogP contribution in [0.25, 0.3) is 0 Å². The first kappa shape index (κ1) is 17.4. The Morgan fingerprint density at radius 1 is 1.22 bits per heavy atom. The monoisotopic (exact) mass is 333 g/mol. The Bertz CT molecular complexity index is 795. The van der Waals surface area contributed by atoms with Gasteiger partial charge in [-0.3, -0.25) is 14.3 Å². The van der Waals surface area contributed by atoms with Crippen LogP contribution in [0.1, 0.15) is 24.5 Å².